The van der Waals surface area contributed by atoms with Crippen LogP contribution in [0.2, 0.25) is 0 Å². The monoisotopic (exact) mass is 300 g/mol. The van der Waals surface area contributed by atoms with Crippen LogP contribution in [0.4, 0.5) is 0 Å². The molecule has 1 aromatic heterocycles. The van der Waals surface area contributed by atoms with Crippen molar-refractivity contribution < 1.29 is 4.79 Å². The molecule has 1 amide bonds. The first-order valence-corrected chi connectivity index (χ1v) is 7.07. The average Bonchev–Trinajstić information content (AvgIpc) is 2.74. The predicted molar refractivity (Wildman–Crippen MR) is 82.5 cm³/mol. The molecule has 6 heteroatoms. The van der Waals surface area contributed by atoms with E-state index in [9.17, 15) is 4.79 Å². The molecular weight excluding hydrogens is 276 g/mol. The van der Waals surface area contributed by atoms with Crippen LogP contribution in [0, 0.1) is 0 Å². The minimum atomic E-state index is -0.0666. The molecule has 5 nitrogen and oxygen atoms in total. The topological polar surface area (TPSA) is 59.0 Å². The van der Waals surface area contributed by atoms with Gasteiger partial charge in [0.2, 0.25) is 0 Å². The van der Waals surface area contributed by atoms with Gasteiger partial charge in [-0.05, 0) is 38.3 Å². The summed E-state index contributed by atoms with van der Waals surface area (Å²) in [5, 5.41) is 10.8. The summed E-state index contributed by atoms with van der Waals surface area (Å²) in [4.78, 5) is 12.2. The third-order valence-electron chi connectivity index (χ3n) is 3.82. The van der Waals surface area contributed by atoms with E-state index in [1.165, 1.54) is 0 Å². The van der Waals surface area contributed by atoms with Gasteiger partial charge in [0.15, 0.2) is 0 Å². The van der Waals surface area contributed by atoms with E-state index in [2.05, 4.69) is 36.5 Å². The van der Waals surface area contributed by atoms with E-state index in [4.69, 9.17) is 0 Å². The van der Waals surface area contributed by atoms with Crippen molar-refractivity contribution in [2.24, 2.45) is 7.05 Å². The number of rotatable bonds is 3. The van der Waals surface area contributed by atoms with Crippen molar-refractivity contribution in [2.45, 2.75) is 51.6 Å². The van der Waals surface area contributed by atoms with E-state index in [1.54, 1.807) is 4.68 Å². The Balaban J connectivity index is 0.00000200. The average molecular weight is 301 g/mol. The van der Waals surface area contributed by atoms with Gasteiger partial charge >= 0.3 is 0 Å². The van der Waals surface area contributed by atoms with Crippen LogP contribution in [0.3, 0.4) is 0 Å². The maximum absolute atomic E-state index is 12.2. The highest BCUT2D eigenvalue weighted by molar-refractivity contribution is 5.92. The quantitative estimate of drug-likeness (QED) is 0.895. The van der Waals surface area contributed by atoms with Gasteiger partial charge in [-0.3, -0.25) is 9.48 Å². The highest BCUT2D eigenvalue weighted by Crippen LogP contribution is 2.15. The third-order valence-corrected chi connectivity index (χ3v) is 3.82. The van der Waals surface area contributed by atoms with Crippen molar-refractivity contribution in [3.8, 4) is 0 Å². The molecule has 20 heavy (non-hydrogen) atoms. The van der Waals surface area contributed by atoms with Crippen molar-refractivity contribution in [3.05, 3.63) is 17.5 Å². The van der Waals surface area contributed by atoms with Crippen LogP contribution in [0.25, 0.3) is 0 Å². The first kappa shape index (κ1) is 17.0. The Hall–Kier alpha value is -1.07. The van der Waals surface area contributed by atoms with Gasteiger partial charge < -0.3 is 10.6 Å². The molecule has 0 radical (unpaired) electrons. The lowest BCUT2D eigenvalue weighted by atomic mass is 10.00. The van der Waals surface area contributed by atoms with Gasteiger partial charge in [0.1, 0.15) is 5.69 Å². The first-order chi connectivity index (χ1) is 8.99. The van der Waals surface area contributed by atoms with Gasteiger partial charge in [0, 0.05) is 24.8 Å². The van der Waals surface area contributed by atoms with Crippen LogP contribution in [0.5, 0.6) is 0 Å². The largest absolute Gasteiger partial charge is 0.346 e. The highest BCUT2D eigenvalue weighted by atomic mass is 35.5. The third kappa shape index (κ3) is 3.73. The van der Waals surface area contributed by atoms with E-state index >= 15 is 0 Å². The second kappa shape index (κ2) is 7.09. The molecule has 114 valence electrons. The van der Waals surface area contributed by atoms with Gasteiger partial charge in [-0.2, -0.15) is 5.10 Å². The number of nitrogens with one attached hydrogen (secondary N) is 2. The fourth-order valence-corrected chi connectivity index (χ4v) is 2.62. The number of hydrogen-bond acceptors (Lipinski definition) is 3. The molecule has 2 N–H and O–H groups in total. The summed E-state index contributed by atoms with van der Waals surface area (Å²) >= 11 is 0. The molecule has 1 aliphatic rings. The van der Waals surface area contributed by atoms with E-state index in [-0.39, 0.29) is 24.4 Å². The molecule has 2 atom stereocenters. The molecule has 2 unspecified atom stereocenters. The molecule has 1 aliphatic heterocycles. The Labute approximate surface area is 126 Å². The fourth-order valence-electron chi connectivity index (χ4n) is 2.62. The molecular formula is C14H25ClN4O. The normalized spacial score (nSPS) is 22.4. The first-order valence-electron chi connectivity index (χ1n) is 7.07. The van der Waals surface area contributed by atoms with Crippen molar-refractivity contribution >= 4 is 18.3 Å². The summed E-state index contributed by atoms with van der Waals surface area (Å²) in [7, 11) is 1.89. The number of halogens is 1. The summed E-state index contributed by atoms with van der Waals surface area (Å²) in [6.07, 6.45) is 2.14. The van der Waals surface area contributed by atoms with Crippen LogP contribution in [0.15, 0.2) is 6.07 Å². The van der Waals surface area contributed by atoms with Gasteiger partial charge in [-0.1, -0.05) is 13.8 Å². The number of carbonyl (C=O) groups is 1. The maximum Gasteiger partial charge on any atom is 0.272 e. The zero-order chi connectivity index (χ0) is 14.0. The summed E-state index contributed by atoms with van der Waals surface area (Å²) < 4.78 is 1.79. The SMILES string of the molecule is CC(C)c1cc(C(=O)NC2CCCNC2C)nn1C.Cl. The van der Waals surface area contributed by atoms with Crippen molar-refractivity contribution in [2.75, 3.05) is 6.54 Å². The second-order valence-corrected chi connectivity index (χ2v) is 5.70. The number of aromatic nitrogens is 2. The molecule has 1 aromatic rings. The highest BCUT2D eigenvalue weighted by Gasteiger charge is 2.24. The lowest BCUT2D eigenvalue weighted by molar-refractivity contribution is 0.0914. The molecule has 0 aromatic carbocycles. The van der Waals surface area contributed by atoms with Gasteiger partial charge in [0.25, 0.3) is 5.91 Å². The number of aryl methyl sites for hydroxylation is 1. The Morgan fingerprint density at radius 2 is 2.25 bits per heavy atom. The van der Waals surface area contributed by atoms with Crippen LogP contribution < -0.4 is 10.6 Å². The molecule has 2 heterocycles. The molecule has 1 fully saturated rings. The minimum absolute atomic E-state index is 0. The summed E-state index contributed by atoms with van der Waals surface area (Å²) in [5.74, 6) is 0.303. The van der Waals surface area contributed by atoms with Crippen molar-refractivity contribution in [1.29, 1.82) is 0 Å². The number of nitrogens with zero attached hydrogens (tertiary/aromatic N) is 2. The van der Waals surface area contributed by atoms with Gasteiger partial charge in [-0.25, -0.2) is 0 Å². The molecule has 0 aliphatic carbocycles. The minimum Gasteiger partial charge on any atom is -0.346 e. The van der Waals surface area contributed by atoms with Gasteiger partial charge in [-0.15, -0.1) is 12.4 Å². The Morgan fingerprint density at radius 1 is 1.55 bits per heavy atom. The maximum atomic E-state index is 12.2. The standard InChI is InChI=1S/C14H24N4O.ClH/c1-9(2)13-8-12(17-18(13)4)14(19)16-11-6-5-7-15-10(11)3;/h8-11,15H,5-7H2,1-4H3,(H,16,19);1H. The Kier molecular flexibility index (Phi) is 6.02. The molecule has 1 saturated heterocycles. The Morgan fingerprint density at radius 3 is 2.80 bits per heavy atom. The van der Waals surface area contributed by atoms with Crippen LogP contribution in [-0.4, -0.2) is 34.3 Å². The zero-order valence-corrected chi connectivity index (χ0v) is 13.5. The molecule has 2 rings (SSSR count). The molecule has 0 spiro atoms. The summed E-state index contributed by atoms with van der Waals surface area (Å²) in [6, 6.07) is 2.41. The van der Waals surface area contributed by atoms with E-state index < -0.39 is 0 Å². The van der Waals surface area contributed by atoms with E-state index in [1.807, 2.05) is 13.1 Å². The van der Waals surface area contributed by atoms with Gasteiger partial charge in [0.05, 0.1) is 0 Å². The summed E-state index contributed by atoms with van der Waals surface area (Å²) in [6.45, 7) is 7.36. The lowest BCUT2D eigenvalue weighted by Gasteiger charge is -2.30. The van der Waals surface area contributed by atoms with Crippen molar-refractivity contribution in [1.82, 2.24) is 20.4 Å². The van der Waals surface area contributed by atoms with E-state index in [0.29, 0.717) is 17.7 Å². The number of amides is 1. The second-order valence-electron chi connectivity index (χ2n) is 5.70. The Bertz CT molecular complexity index is 458. The molecule has 0 bridgehead atoms. The zero-order valence-electron chi connectivity index (χ0n) is 12.6. The summed E-state index contributed by atoms with van der Waals surface area (Å²) in [5.41, 5.74) is 1.60. The van der Waals surface area contributed by atoms with Crippen LogP contribution >= 0.6 is 12.4 Å². The van der Waals surface area contributed by atoms with Crippen LogP contribution in [0.1, 0.15) is 55.7 Å². The van der Waals surface area contributed by atoms with Crippen molar-refractivity contribution in [3.63, 3.8) is 0 Å². The molecule has 0 saturated carbocycles. The fraction of sp³-hybridized carbons (Fsp3) is 0.714. The lowest BCUT2D eigenvalue weighted by Crippen LogP contribution is -2.52. The number of carbonyl (C=O) groups excluding carboxylic acids is 1. The van der Waals surface area contributed by atoms with E-state index in [0.717, 1.165) is 25.1 Å². The number of hydrogen-bond donors (Lipinski definition) is 2. The number of piperidine rings is 1. The predicted octanol–water partition coefficient (Wildman–Crippen LogP) is 1.84. The van der Waals surface area contributed by atoms with Crippen LogP contribution in [-0.2, 0) is 7.05 Å². The smallest absolute Gasteiger partial charge is 0.272 e.